The fourth-order valence-electron chi connectivity index (χ4n) is 2.60. The van der Waals surface area contributed by atoms with Gasteiger partial charge in [0, 0.05) is 31.9 Å². The summed E-state index contributed by atoms with van der Waals surface area (Å²) in [7, 11) is 3.78. The molecule has 1 aromatic carbocycles. The number of nitrogens with one attached hydrogen (secondary N) is 1. The summed E-state index contributed by atoms with van der Waals surface area (Å²) in [5.41, 5.74) is 0.0185. The smallest absolute Gasteiger partial charge is 0.286 e. The van der Waals surface area contributed by atoms with Gasteiger partial charge in [-0.2, -0.15) is 0 Å². The SMILES string of the molecule is CN(C)CCNC(=O)c1nnc2n(c1=O)CCN2c1ccc(F)cc1. The standard InChI is InChI=1S/C16H19FN6O2/c1-21(2)8-7-18-14(24)13-15(25)23-10-9-22(16(23)20-19-13)12-5-3-11(17)4-6-12/h3-6H,7-10H2,1-2H3,(H,18,24). The van der Waals surface area contributed by atoms with Crippen LogP contribution < -0.4 is 15.8 Å². The van der Waals surface area contributed by atoms with Crippen LogP contribution in [-0.4, -0.2) is 59.3 Å². The van der Waals surface area contributed by atoms with E-state index in [-0.39, 0.29) is 11.5 Å². The van der Waals surface area contributed by atoms with Crippen molar-refractivity contribution in [1.82, 2.24) is 25.0 Å². The Labute approximate surface area is 143 Å². The van der Waals surface area contributed by atoms with E-state index in [2.05, 4.69) is 15.5 Å². The normalized spacial score (nSPS) is 13.2. The van der Waals surface area contributed by atoms with Crippen LogP contribution in [-0.2, 0) is 6.54 Å². The van der Waals surface area contributed by atoms with Gasteiger partial charge in [0.25, 0.3) is 11.5 Å². The molecule has 0 fully saturated rings. The monoisotopic (exact) mass is 346 g/mol. The molecule has 1 N–H and O–H groups in total. The molecule has 2 heterocycles. The van der Waals surface area contributed by atoms with Gasteiger partial charge in [0.15, 0.2) is 0 Å². The molecule has 9 heteroatoms. The minimum atomic E-state index is -0.533. The van der Waals surface area contributed by atoms with Gasteiger partial charge in [-0.3, -0.25) is 14.2 Å². The summed E-state index contributed by atoms with van der Waals surface area (Å²) >= 11 is 0. The van der Waals surface area contributed by atoms with E-state index < -0.39 is 11.5 Å². The highest BCUT2D eigenvalue weighted by atomic mass is 19.1. The molecule has 0 spiro atoms. The van der Waals surface area contributed by atoms with Crippen molar-refractivity contribution in [3.63, 3.8) is 0 Å². The van der Waals surface area contributed by atoms with E-state index in [9.17, 15) is 14.0 Å². The molecule has 8 nitrogen and oxygen atoms in total. The molecule has 1 aromatic heterocycles. The number of amides is 1. The Morgan fingerprint density at radius 1 is 1.24 bits per heavy atom. The zero-order chi connectivity index (χ0) is 18.0. The van der Waals surface area contributed by atoms with Crippen LogP contribution >= 0.6 is 0 Å². The average Bonchev–Trinajstić information content (AvgIpc) is 3.00. The Balaban J connectivity index is 1.82. The van der Waals surface area contributed by atoms with Crippen LogP contribution in [0.15, 0.2) is 29.1 Å². The van der Waals surface area contributed by atoms with Gasteiger partial charge in [-0.25, -0.2) is 4.39 Å². The number of carbonyl (C=O) groups is 1. The van der Waals surface area contributed by atoms with Crippen molar-refractivity contribution in [2.45, 2.75) is 6.54 Å². The fourth-order valence-corrected chi connectivity index (χ4v) is 2.60. The first kappa shape index (κ1) is 17.0. The van der Waals surface area contributed by atoms with Crippen LogP contribution in [0.4, 0.5) is 16.0 Å². The number of halogens is 1. The van der Waals surface area contributed by atoms with Crippen molar-refractivity contribution in [2.24, 2.45) is 0 Å². The van der Waals surface area contributed by atoms with Crippen LogP contribution in [0.3, 0.4) is 0 Å². The highest BCUT2D eigenvalue weighted by molar-refractivity contribution is 5.91. The van der Waals surface area contributed by atoms with E-state index in [4.69, 9.17) is 0 Å². The molecule has 0 saturated heterocycles. The second kappa shape index (κ2) is 6.98. The van der Waals surface area contributed by atoms with Gasteiger partial charge in [0.2, 0.25) is 11.6 Å². The van der Waals surface area contributed by atoms with Crippen molar-refractivity contribution in [1.29, 1.82) is 0 Å². The third kappa shape index (κ3) is 3.50. The number of rotatable bonds is 5. The molecule has 0 bridgehead atoms. The van der Waals surface area contributed by atoms with Gasteiger partial charge in [-0.05, 0) is 38.4 Å². The Morgan fingerprint density at radius 2 is 1.96 bits per heavy atom. The minimum Gasteiger partial charge on any atom is -0.349 e. The molecule has 0 aliphatic carbocycles. The van der Waals surface area contributed by atoms with Crippen molar-refractivity contribution in [2.75, 3.05) is 38.6 Å². The quantitative estimate of drug-likeness (QED) is 0.834. The van der Waals surface area contributed by atoms with Gasteiger partial charge in [-0.15, -0.1) is 10.2 Å². The molecule has 2 aromatic rings. The zero-order valence-electron chi connectivity index (χ0n) is 14.1. The number of aromatic nitrogens is 3. The number of hydrogen-bond acceptors (Lipinski definition) is 6. The molecule has 1 amide bonds. The number of hydrogen-bond donors (Lipinski definition) is 1. The fraction of sp³-hybridized carbons (Fsp3) is 0.375. The average molecular weight is 346 g/mol. The lowest BCUT2D eigenvalue weighted by Gasteiger charge is -2.16. The minimum absolute atomic E-state index is 0.219. The van der Waals surface area contributed by atoms with Crippen molar-refractivity contribution in [3.8, 4) is 0 Å². The van der Waals surface area contributed by atoms with E-state index in [1.54, 1.807) is 17.0 Å². The highest BCUT2D eigenvalue weighted by Crippen LogP contribution is 2.26. The third-order valence-corrected chi connectivity index (χ3v) is 3.92. The van der Waals surface area contributed by atoms with Crippen LogP contribution in [0, 0.1) is 5.82 Å². The number of carbonyl (C=O) groups excluding carboxylic acids is 1. The summed E-state index contributed by atoms with van der Waals surface area (Å²) in [6, 6.07) is 5.91. The highest BCUT2D eigenvalue weighted by Gasteiger charge is 2.27. The molecule has 0 radical (unpaired) electrons. The second-order valence-electron chi connectivity index (χ2n) is 5.99. The summed E-state index contributed by atoms with van der Waals surface area (Å²) in [6.45, 7) is 1.96. The Hall–Kier alpha value is -2.81. The molecule has 1 aliphatic heterocycles. The summed E-state index contributed by atoms with van der Waals surface area (Å²) in [5, 5.41) is 10.5. The van der Waals surface area contributed by atoms with Crippen LogP contribution in [0.2, 0.25) is 0 Å². The first-order valence-electron chi connectivity index (χ1n) is 7.91. The van der Waals surface area contributed by atoms with E-state index in [1.165, 1.54) is 16.7 Å². The summed E-state index contributed by atoms with van der Waals surface area (Å²) in [4.78, 5) is 28.4. The van der Waals surface area contributed by atoms with Crippen LogP contribution in [0.25, 0.3) is 0 Å². The number of likely N-dealkylation sites (N-methyl/N-ethyl adjacent to an activating group) is 1. The molecule has 132 valence electrons. The number of nitrogens with zero attached hydrogens (tertiary/aromatic N) is 5. The van der Waals surface area contributed by atoms with Gasteiger partial charge in [0.05, 0.1) is 0 Å². The molecule has 1 aliphatic rings. The summed E-state index contributed by atoms with van der Waals surface area (Å²) < 4.78 is 14.5. The molecule has 0 atom stereocenters. The van der Waals surface area contributed by atoms with Crippen molar-refractivity contribution in [3.05, 3.63) is 46.1 Å². The maximum atomic E-state index is 13.1. The lowest BCUT2D eigenvalue weighted by molar-refractivity contribution is 0.0942. The first-order valence-corrected chi connectivity index (χ1v) is 7.91. The Morgan fingerprint density at radius 3 is 2.64 bits per heavy atom. The second-order valence-corrected chi connectivity index (χ2v) is 5.99. The van der Waals surface area contributed by atoms with Crippen molar-refractivity contribution >= 4 is 17.5 Å². The van der Waals surface area contributed by atoms with E-state index in [1.807, 2.05) is 19.0 Å². The predicted molar refractivity (Wildman–Crippen MR) is 90.6 cm³/mol. The van der Waals surface area contributed by atoms with E-state index in [0.717, 1.165) is 0 Å². The zero-order valence-corrected chi connectivity index (χ0v) is 14.1. The maximum absolute atomic E-state index is 13.1. The summed E-state index contributed by atoms with van der Waals surface area (Å²) in [5.74, 6) is -0.521. The molecule has 3 rings (SSSR count). The van der Waals surface area contributed by atoms with Gasteiger partial charge in [-0.1, -0.05) is 0 Å². The predicted octanol–water partition coefficient (Wildman–Crippen LogP) is 0.221. The van der Waals surface area contributed by atoms with E-state index >= 15 is 0 Å². The van der Waals surface area contributed by atoms with Gasteiger partial charge >= 0.3 is 0 Å². The molecule has 0 saturated carbocycles. The molecular formula is C16H19FN6O2. The van der Waals surface area contributed by atoms with Crippen LogP contribution in [0.1, 0.15) is 10.5 Å². The largest absolute Gasteiger partial charge is 0.349 e. The number of fused-ring (bicyclic) bond motifs is 1. The first-order chi connectivity index (χ1) is 12.0. The molecule has 0 unspecified atom stereocenters. The lowest BCUT2D eigenvalue weighted by Crippen LogP contribution is -2.37. The summed E-state index contributed by atoms with van der Waals surface area (Å²) in [6.07, 6.45) is 0. The Bertz CT molecular complexity index is 834. The maximum Gasteiger partial charge on any atom is 0.286 e. The number of anilines is 2. The van der Waals surface area contributed by atoms with Gasteiger partial charge < -0.3 is 15.1 Å². The van der Waals surface area contributed by atoms with Gasteiger partial charge in [0.1, 0.15) is 5.82 Å². The van der Waals surface area contributed by atoms with E-state index in [0.29, 0.717) is 37.8 Å². The molecule has 25 heavy (non-hydrogen) atoms. The Kier molecular flexibility index (Phi) is 4.75. The molecular weight excluding hydrogens is 327 g/mol. The van der Waals surface area contributed by atoms with Crippen LogP contribution in [0.5, 0.6) is 0 Å². The lowest BCUT2D eigenvalue weighted by atomic mass is 10.3. The number of benzene rings is 1. The third-order valence-electron chi connectivity index (χ3n) is 3.92. The van der Waals surface area contributed by atoms with Crippen molar-refractivity contribution < 1.29 is 9.18 Å². The topological polar surface area (TPSA) is 83.4 Å².